The molecule has 1 aliphatic rings. The van der Waals surface area contributed by atoms with Crippen molar-refractivity contribution in [3.05, 3.63) is 29.8 Å². The molecule has 2 rings (SSSR count). The van der Waals surface area contributed by atoms with E-state index in [0.29, 0.717) is 0 Å². The van der Waals surface area contributed by atoms with Gasteiger partial charge in [-0.1, -0.05) is 19.3 Å². The van der Waals surface area contributed by atoms with Gasteiger partial charge in [0.15, 0.2) is 0 Å². The fraction of sp³-hybridized carbons (Fsp3) is 0.500. The van der Waals surface area contributed by atoms with Gasteiger partial charge >= 0.3 is 0 Å². The number of nitrogens with two attached hydrogens (primary N) is 1. The number of nitrogen functional groups attached to an aromatic ring is 1. The summed E-state index contributed by atoms with van der Waals surface area (Å²) in [7, 11) is 0. The molecule has 17 heavy (non-hydrogen) atoms. The third-order valence-corrected chi connectivity index (χ3v) is 3.40. The zero-order chi connectivity index (χ0) is 12.1. The molecule has 1 aromatic carbocycles. The van der Waals surface area contributed by atoms with Crippen molar-refractivity contribution in [1.29, 1.82) is 5.41 Å². The van der Waals surface area contributed by atoms with Crippen LogP contribution in [-0.4, -0.2) is 18.9 Å². The SMILES string of the molecule is N=C(N)c1ccc(N2CCCCCCC2)cc1. The summed E-state index contributed by atoms with van der Waals surface area (Å²) in [5.41, 5.74) is 7.52. The van der Waals surface area contributed by atoms with Crippen LogP contribution in [-0.2, 0) is 0 Å². The zero-order valence-corrected chi connectivity index (χ0v) is 10.3. The van der Waals surface area contributed by atoms with Crippen molar-refractivity contribution in [3.63, 3.8) is 0 Å². The second kappa shape index (κ2) is 5.71. The van der Waals surface area contributed by atoms with Gasteiger partial charge in [-0.3, -0.25) is 5.41 Å². The molecule has 0 radical (unpaired) electrons. The molecule has 1 aliphatic heterocycles. The van der Waals surface area contributed by atoms with Crippen LogP contribution in [0.2, 0.25) is 0 Å². The molecule has 1 heterocycles. The molecule has 3 N–H and O–H groups in total. The molecule has 0 saturated carbocycles. The largest absolute Gasteiger partial charge is 0.384 e. The Morgan fingerprint density at radius 2 is 1.47 bits per heavy atom. The van der Waals surface area contributed by atoms with E-state index in [-0.39, 0.29) is 5.84 Å². The van der Waals surface area contributed by atoms with Crippen LogP contribution in [0.4, 0.5) is 5.69 Å². The molecule has 0 aromatic heterocycles. The van der Waals surface area contributed by atoms with E-state index in [1.807, 2.05) is 12.1 Å². The fourth-order valence-electron chi connectivity index (χ4n) is 2.36. The molecule has 0 bridgehead atoms. The predicted octanol–water partition coefficient (Wildman–Crippen LogP) is 2.74. The molecule has 1 aromatic rings. The summed E-state index contributed by atoms with van der Waals surface area (Å²) in [6, 6.07) is 8.05. The van der Waals surface area contributed by atoms with Crippen LogP contribution >= 0.6 is 0 Å². The van der Waals surface area contributed by atoms with Crippen molar-refractivity contribution < 1.29 is 0 Å². The Bertz CT molecular complexity index is 362. The van der Waals surface area contributed by atoms with Gasteiger partial charge in [0.2, 0.25) is 0 Å². The van der Waals surface area contributed by atoms with Gasteiger partial charge in [0.25, 0.3) is 0 Å². The monoisotopic (exact) mass is 231 g/mol. The zero-order valence-electron chi connectivity index (χ0n) is 10.3. The molecule has 1 fully saturated rings. The second-order valence-electron chi connectivity index (χ2n) is 4.72. The Hall–Kier alpha value is -1.51. The summed E-state index contributed by atoms with van der Waals surface area (Å²) in [6.45, 7) is 2.30. The highest BCUT2D eigenvalue weighted by Crippen LogP contribution is 2.19. The van der Waals surface area contributed by atoms with Crippen LogP contribution < -0.4 is 10.6 Å². The Labute approximate surface area is 103 Å². The van der Waals surface area contributed by atoms with Crippen molar-refractivity contribution >= 4 is 11.5 Å². The highest BCUT2D eigenvalue weighted by Gasteiger charge is 2.09. The molecule has 3 heteroatoms. The Kier molecular flexibility index (Phi) is 4.02. The predicted molar refractivity (Wildman–Crippen MR) is 72.8 cm³/mol. The first-order chi connectivity index (χ1) is 8.27. The fourth-order valence-corrected chi connectivity index (χ4v) is 2.36. The lowest BCUT2D eigenvalue weighted by molar-refractivity contribution is 0.556. The van der Waals surface area contributed by atoms with Crippen LogP contribution in [0.1, 0.15) is 37.7 Å². The van der Waals surface area contributed by atoms with Crippen molar-refractivity contribution in [1.82, 2.24) is 0 Å². The molecule has 0 spiro atoms. The lowest BCUT2D eigenvalue weighted by Crippen LogP contribution is -2.27. The summed E-state index contributed by atoms with van der Waals surface area (Å²) in [4.78, 5) is 2.45. The van der Waals surface area contributed by atoms with E-state index in [0.717, 1.165) is 18.7 Å². The van der Waals surface area contributed by atoms with Crippen LogP contribution in [0.15, 0.2) is 24.3 Å². The Morgan fingerprint density at radius 3 is 2.00 bits per heavy atom. The maximum absolute atomic E-state index is 7.38. The highest BCUT2D eigenvalue weighted by atomic mass is 15.1. The van der Waals surface area contributed by atoms with E-state index in [4.69, 9.17) is 11.1 Å². The number of anilines is 1. The van der Waals surface area contributed by atoms with Crippen LogP contribution in [0, 0.1) is 5.41 Å². The molecule has 3 nitrogen and oxygen atoms in total. The van der Waals surface area contributed by atoms with E-state index in [1.165, 1.54) is 37.8 Å². The van der Waals surface area contributed by atoms with E-state index < -0.39 is 0 Å². The van der Waals surface area contributed by atoms with E-state index >= 15 is 0 Å². The lowest BCUT2D eigenvalue weighted by Gasteiger charge is -2.27. The second-order valence-corrected chi connectivity index (χ2v) is 4.72. The number of benzene rings is 1. The summed E-state index contributed by atoms with van der Waals surface area (Å²) in [6.07, 6.45) is 6.66. The Morgan fingerprint density at radius 1 is 0.941 bits per heavy atom. The number of nitrogens with one attached hydrogen (secondary N) is 1. The molecular weight excluding hydrogens is 210 g/mol. The van der Waals surface area contributed by atoms with Crippen LogP contribution in [0.3, 0.4) is 0 Å². The molecule has 92 valence electrons. The van der Waals surface area contributed by atoms with Crippen molar-refractivity contribution in [3.8, 4) is 0 Å². The van der Waals surface area contributed by atoms with Gasteiger partial charge in [-0.2, -0.15) is 0 Å². The topological polar surface area (TPSA) is 53.1 Å². The molecule has 0 amide bonds. The third kappa shape index (κ3) is 3.22. The quantitative estimate of drug-likeness (QED) is 0.607. The number of nitrogens with zero attached hydrogens (tertiary/aromatic N) is 1. The first-order valence-corrected chi connectivity index (χ1v) is 6.47. The summed E-state index contributed by atoms with van der Waals surface area (Å²) < 4.78 is 0. The van der Waals surface area contributed by atoms with Gasteiger partial charge in [-0.25, -0.2) is 0 Å². The number of hydrogen-bond donors (Lipinski definition) is 2. The molecule has 0 aliphatic carbocycles. The van der Waals surface area contributed by atoms with E-state index in [9.17, 15) is 0 Å². The smallest absolute Gasteiger partial charge is 0.122 e. The summed E-state index contributed by atoms with van der Waals surface area (Å²) in [5, 5.41) is 7.38. The number of hydrogen-bond acceptors (Lipinski definition) is 2. The average molecular weight is 231 g/mol. The molecule has 0 unspecified atom stereocenters. The molecule has 1 saturated heterocycles. The van der Waals surface area contributed by atoms with Crippen LogP contribution in [0.25, 0.3) is 0 Å². The van der Waals surface area contributed by atoms with Crippen molar-refractivity contribution in [2.75, 3.05) is 18.0 Å². The highest BCUT2D eigenvalue weighted by molar-refractivity contribution is 5.95. The lowest BCUT2D eigenvalue weighted by atomic mass is 10.1. The first-order valence-electron chi connectivity index (χ1n) is 6.47. The minimum atomic E-state index is 0.143. The summed E-state index contributed by atoms with van der Waals surface area (Å²) in [5.74, 6) is 0.143. The minimum Gasteiger partial charge on any atom is -0.384 e. The van der Waals surface area contributed by atoms with E-state index in [2.05, 4.69) is 17.0 Å². The number of rotatable bonds is 2. The van der Waals surface area contributed by atoms with Crippen LogP contribution in [0.5, 0.6) is 0 Å². The summed E-state index contributed by atoms with van der Waals surface area (Å²) >= 11 is 0. The van der Waals surface area contributed by atoms with Gasteiger partial charge in [-0.05, 0) is 37.1 Å². The maximum atomic E-state index is 7.38. The average Bonchev–Trinajstić information content (AvgIpc) is 2.29. The molecule has 0 atom stereocenters. The van der Waals surface area contributed by atoms with Gasteiger partial charge in [0.05, 0.1) is 0 Å². The van der Waals surface area contributed by atoms with Gasteiger partial charge in [0.1, 0.15) is 5.84 Å². The van der Waals surface area contributed by atoms with Gasteiger partial charge in [-0.15, -0.1) is 0 Å². The van der Waals surface area contributed by atoms with E-state index in [1.54, 1.807) is 0 Å². The maximum Gasteiger partial charge on any atom is 0.122 e. The normalized spacial score (nSPS) is 17.3. The Balaban J connectivity index is 2.06. The minimum absolute atomic E-state index is 0.143. The van der Waals surface area contributed by atoms with Gasteiger partial charge < -0.3 is 10.6 Å². The standard InChI is InChI=1S/C14H21N3/c15-14(16)12-6-8-13(9-7-12)17-10-4-2-1-3-5-11-17/h6-9H,1-5,10-11H2,(H3,15,16). The number of amidine groups is 1. The molecular formula is C14H21N3. The van der Waals surface area contributed by atoms with Crippen molar-refractivity contribution in [2.24, 2.45) is 5.73 Å². The third-order valence-electron chi connectivity index (χ3n) is 3.40. The van der Waals surface area contributed by atoms with Crippen molar-refractivity contribution in [2.45, 2.75) is 32.1 Å². The first kappa shape index (κ1) is 12.0. The van der Waals surface area contributed by atoms with Gasteiger partial charge in [0, 0.05) is 24.3 Å².